The molecule has 1 atom stereocenters. The molecular weight excluding hydrogens is 260 g/mol. The fourth-order valence-corrected chi connectivity index (χ4v) is 2.03. The zero-order chi connectivity index (χ0) is 14.5. The molecule has 0 heterocycles. The van der Waals surface area contributed by atoms with Gasteiger partial charge in [0.2, 0.25) is 0 Å². The third kappa shape index (κ3) is 3.95. The second-order valence-corrected chi connectivity index (χ2v) is 4.69. The number of halogens is 2. The summed E-state index contributed by atoms with van der Waals surface area (Å²) in [5.41, 5.74) is 3.05. The minimum absolute atomic E-state index is 0.00183. The highest BCUT2D eigenvalue weighted by molar-refractivity contribution is 5.47. The van der Waals surface area contributed by atoms with Crippen molar-refractivity contribution in [3.63, 3.8) is 0 Å². The number of hydrogen-bond acceptors (Lipinski definition) is 2. The Morgan fingerprint density at radius 2 is 1.80 bits per heavy atom. The van der Waals surface area contributed by atoms with Gasteiger partial charge in [-0.2, -0.15) is 8.78 Å². The molecule has 0 amide bonds. The quantitative estimate of drug-likeness (QED) is 0.850. The molecule has 1 N–H and O–H groups in total. The molecule has 2 aromatic carbocycles. The third-order valence-corrected chi connectivity index (χ3v) is 2.98. The first-order valence-electron chi connectivity index (χ1n) is 6.42. The number of alkyl halides is 2. The van der Waals surface area contributed by atoms with Gasteiger partial charge in [0, 0.05) is 11.7 Å². The summed E-state index contributed by atoms with van der Waals surface area (Å²) in [5.74, 6) is 0.176. The Morgan fingerprint density at radius 1 is 1.05 bits per heavy atom. The Kier molecular flexibility index (Phi) is 4.56. The Bertz CT molecular complexity index is 572. The van der Waals surface area contributed by atoms with Gasteiger partial charge < -0.3 is 10.1 Å². The van der Waals surface area contributed by atoms with E-state index in [9.17, 15) is 8.78 Å². The molecule has 0 aromatic heterocycles. The van der Waals surface area contributed by atoms with Gasteiger partial charge in [-0.05, 0) is 49.2 Å². The summed E-state index contributed by atoms with van der Waals surface area (Å²) in [6.07, 6.45) is 0. The molecule has 0 bridgehead atoms. The SMILES string of the molecule is Cc1cccc(NC(C)c2cccc(OC(F)F)c2)c1. The van der Waals surface area contributed by atoms with Gasteiger partial charge in [-0.1, -0.05) is 24.3 Å². The average molecular weight is 277 g/mol. The van der Waals surface area contributed by atoms with Gasteiger partial charge in [-0.15, -0.1) is 0 Å². The number of ether oxygens (including phenoxy) is 1. The van der Waals surface area contributed by atoms with Crippen LogP contribution in [-0.4, -0.2) is 6.61 Å². The maximum absolute atomic E-state index is 12.2. The van der Waals surface area contributed by atoms with Crippen LogP contribution in [0, 0.1) is 6.92 Å². The third-order valence-electron chi connectivity index (χ3n) is 2.98. The summed E-state index contributed by atoms with van der Waals surface area (Å²) in [6, 6.07) is 14.7. The molecule has 2 aromatic rings. The summed E-state index contributed by atoms with van der Waals surface area (Å²) in [6.45, 7) is 1.20. The second kappa shape index (κ2) is 6.37. The summed E-state index contributed by atoms with van der Waals surface area (Å²) >= 11 is 0. The topological polar surface area (TPSA) is 21.3 Å². The second-order valence-electron chi connectivity index (χ2n) is 4.69. The van der Waals surface area contributed by atoms with Crippen LogP contribution in [0.1, 0.15) is 24.1 Å². The van der Waals surface area contributed by atoms with Crippen LogP contribution in [0.2, 0.25) is 0 Å². The van der Waals surface area contributed by atoms with E-state index in [1.54, 1.807) is 12.1 Å². The Morgan fingerprint density at radius 3 is 2.50 bits per heavy atom. The van der Waals surface area contributed by atoms with Crippen LogP contribution in [0.25, 0.3) is 0 Å². The number of aryl methyl sites for hydroxylation is 1. The summed E-state index contributed by atoms with van der Waals surface area (Å²) in [7, 11) is 0. The fraction of sp³-hybridized carbons (Fsp3) is 0.250. The predicted octanol–water partition coefficient (Wildman–Crippen LogP) is 4.77. The van der Waals surface area contributed by atoms with E-state index in [0.717, 1.165) is 16.8 Å². The van der Waals surface area contributed by atoms with Gasteiger partial charge in [-0.3, -0.25) is 0 Å². The van der Waals surface area contributed by atoms with Crippen molar-refractivity contribution >= 4 is 5.69 Å². The van der Waals surface area contributed by atoms with Crippen molar-refractivity contribution in [2.45, 2.75) is 26.5 Å². The molecule has 0 aliphatic heterocycles. The highest BCUT2D eigenvalue weighted by Crippen LogP contribution is 2.24. The van der Waals surface area contributed by atoms with Crippen LogP contribution in [0.15, 0.2) is 48.5 Å². The molecule has 0 radical (unpaired) electrons. The lowest BCUT2D eigenvalue weighted by atomic mass is 10.1. The van der Waals surface area contributed by atoms with Crippen molar-refractivity contribution in [3.05, 3.63) is 59.7 Å². The summed E-state index contributed by atoms with van der Waals surface area (Å²) in [5, 5.41) is 3.34. The number of anilines is 1. The number of rotatable bonds is 5. The molecule has 4 heteroatoms. The molecule has 2 rings (SSSR count). The molecule has 0 fully saturated rings. The first-order chi connectivity index (χ1) is 9.54. The average Bonchev–Trinajstić information content (AvgIpc) is 2.38. The first-order valence-corrected chi connectivity index (χ1v) is 6.42. The maximum Gasteiger partial charge on any atom is 0.387 e. The van der Waals surface area contributed by atoms with Gasteiger partial charge >= 0.3 is 6.61 Å². The lowest BCUT2D eigenvalue weighted by Crippen LogP contribution is -2.08. The van der Waals surface area contributed by atoms with E-state index in [1.807, 2.05) is 44.2 Å². The monoisotopic (exact) mass is 277 g/mol. The number of nitrogens with one attached hydrogen (secondary N) is 1. The van der Waals surface area contributed by atoms with Crippen molar-refractivity contribution in [1.29, 1.82) is 0 Å². The standard InChI is InChI=1S/C16H17F2NO/c1-11-5-3-7-14(9-11)19-12(2)13-6-4-8-15(10-13)20-16(17)18/h3-10,12,16,19H,1-2H3. The fourth-order valence-electron chi connectivity index (χ4n) is 2.03. The largest absolute Gasteiger partial charge is 0.435 e. The Hall–Kier alpha value is -2.10. The lowest BCUT2D eigenvalue weighted by molar-refractivity contribution is -0.0498. The molecule has 106 valence electrons. The highest BCUT2D eigenvalue weighted by Gasteiger charge is 2.09. The number of hydrogen-bond donors (Lipinski definition) is 1. The molecule has 1 unspecified atom stereocenters. The molecule has 0 saturated carbocycles. The zero-order valence-electron chi connectivity index (χ0n) is 11.4. The minimum atomic E-state index is -2.80. The van der Waals surface area contributed by atoms with Crippen molar-refractivity contribution in [2.75, 3.05) is 5.32 Å². The molecule has 0 aliphatic carbocycles. The van der Waals surface area contributed by atoms with E-state index in [1.165, 1.54) is 6.07 Å². The molecule has 0 spiro atoms. The van der Waals surface area contributed by atoms with Crippen molar-refractivity contribution < 1.29 is 13.5 Å². The molecular formula is C16H17F2NO. The van der Waals surface area contributed by atoms with Gasteiger partial charge in [0.15, 0.2) is 0 Å². The lowest BCUT2D eigenvalue weighted by Gasteiger charge is -2.17. The van der Waals surface area contributed by atoms with Crippen LogP contribution in [0.3, 0.4) is 0 Å². The van der Waals surface area contributed by atoms with Gasteiger partial charge in [0.25, 0.3) is 0 Å². The number of benzene rings is 2. The predicted molar refractivity (Wildman–Crippen MR) is 76.3 cm³/mol. The normalized spacial score (nSPS) is 12.2. The molecule has 0 aliphatic rings. The van der Waals surface area contributed by atoms with Crippen LogP contribution in [0.4, 0.5) is 14.5 Å². The van der Waals surface area contributed by atoms with E-state index in [-0.39, 0.29) is 11.8 Å². The Balaban J connectivity index is 2.10. The maximum atomic E-state index is 12.2. The summed E-state index contributed by atoms with van der Waals surface area (Å²) in [4.78, 5) is 0. The van der Waals surface area contributed by atoms with Crippen LogP contribution in [-0.2, 0) is 0 Å². The zero-order valence-corrected chi connectivity index (χ0v) is 11.4. The van der Waals surface area contributed by atoms with Crippen molar-refractivity contribution in [2.24, 2.45) is 0 Å². The van der Waals surface area contributed by atoms with Crippen LogP contribution in [0.5, 0.6) is 5.75 Å². The summed E-state index contributed by atoms with van der Waals surface area (Å²) < 4.78 is 28.8. The molecule has 0 saturated heterocycles. The van der Waals surface area contributed by atoms with E-state index in [4.69, 9.17) is 0 Å². The van der Waals surface area contributed by atoms with Crippen LogP contribution >= 0.6 is 0 Å². The molecule has 2 nitrogen and oxygen atoms in total. The van der Waals surface area contributed by atoms with E-state index in [0.29, 0.717) is 0 Å². The first kappa shape index (κ1) is 14.3. The van der Waals surface area contributed by atoms with E-state index >= 15 is 0 Å². The highest BCUT2D eigenvalue weighted by atomic mass is 19.3. The smallest absolute Gasteiger partial charge is 0.387 e. The van der Waals surface area contributed by atoms with Gasteiger partial charge in [0.05, 0.1) is 0 Å². The van der Waals surface area contributed by atoms with Crippen molar-refractivity contribution in [3.8, 4) is 5.75 Å². The van der Waals surface area contributed by atoms with Crippen LogP contribution < -0.4 is 10.1 Å². The van der Waals surface area contributed by atoms with Crippen molar-refractivity contribution in [1.82, 2.24) is 0 Å². The van der Waals surface area contributed by atoms with Gasteiger partial charge in [0.1, 0.15) is 5.75 Å². The molecule has 20 heavy (non-hydrogen) atoms. The minimum Gasteiger partial charge on any atom is -0.435 e. The van der Waals surface area contributed by atoms with E-state index in [2.05, 4.69) is 10.1 Å². The van der Waals surface area contributed by atoms with E-state index < -0.39 is 6.61 Å². The van der Waals surface area contributed by atoms with Gasteiger partial charge in [-0.25, -0.2) is 0 Å². The Labute approximate surface area is 117 Å².